The largest absolute Gasteiger partial charge is 0.316 e. The van der Waals surface area contributed by atoms with Gasteiger partial charge < -0.3 is 10.6 Å². The van der Waals surface area contributed by atoms with E-state index in [1.165, 1.54) is 51.6 Å². The van der Waals surface area contributed by atoms with E-state index in [9.17, 15) is 0 Å². The summed E-state index contributed by atoms with van der Waals surface area (Å²) in [5.74, 6) is 0. The van der Waals surface area contributed by atoms with Crippen LogP contribution in [0.25, 0.3) is 0 Å². The van der Waals surface area contributed by atoms with Gasteiger partial charge in [0.05, 0.1) is 12.1 Å². The summed E-state index contributed by atoms with van der Waals surface area (Å²) >= 11 is 0. The van der Waals surface area contributed by atoms with Gasteiger partial charge in [-0.25, -0.2) is 0 Å². The second kappa shape index (κ2) is 5.16. The van der Waals surface area contributed by atoms with Gasteiger partial charge in [-0.2, -0.15) is 5.26 Å². The van der Waals surface area contributed by atoms with Crippen molar-refractivity contribution in [3.63, 3.8) is 0 Å². The van der Waals surface area contributed by atoms with Crippen LogP contribution in [0.15, 0.2) is 0 Å². The van der Waals surface area contributed by atoms with Crippen molar-refractivity contribution in [2.45, 2.75) is 51.0 Å². The summed E-state index contributed by atoms with van der Waals surface area (Å²) in [6.07, 6.45) is 9.36. The van der Waals surface area contributed by atoms with Crippen molar-refractivity contribution >= 4 is 0 Å². The molecule has 1 aliphatic carbocycles. The molecular formula is C13H23N3. The lowest BCUT2D eigenvalue weighted by Crippen LogP contribution is -2.40. The molecule has 16 heavy (non-hydrogen) atoms. The van der Waals surface area contributed by atoms with Crippen molar-refractivity contribution in [2.24, 2.45) is 11.1 Å². The van der Waals surface area contributed by atoms with Gasteiger partial charge in [-0.15, -0.1) is 0 Å². The Hall–Kier alpha value is -0.590. The van der Waals surface area contributed by atoms with Gasteiger partial charge in [0.15, 0.2) is 0 Å². The molecule has 2 aliphatic rings. The Balaban J connectivity index is 1.71. The summed E-state index contributed by atoms with van der Waals surface area (Å²) in [6, 6.07) is 1.83. The average molecular weight is 221 g/mol. The first kappa shape index (κ1) is 11.9. The third-order valence-electron chi connectivity index (χ3n) is 4.50. The van der Waals surface area contributed by atoms with Gasteiger partial charge >= 0.3 is 0 Å². The Kier molecular flexibility index (Phi) is 3.83. The second-order valence-corrected chi connectivity index (χ2v) is 5.57. The molecule has 3 nitrogen and oxygen atoms in total. The molecule has 1 heterocycles. The van der Waals surface area contributed by atoms with Crippen molar-refractivity contribution in [3.05, 3.63) is 0 Å². The molecule has 1 unspecified atom stereocenters. The van der Waals surface area contributed by atoms with E-state index >= 15 is 0 Å². The number of nitrogens with zero attached hydrogens (tertiary/aromatic N) is 2. The molecule has 0 aromatic heterocycles. The standard InChI is InChI=1S/C13H23N3/c14-11-12(15)3-8-16-9-6-13(7-10-16)4-1-2-5-13/h12H,1-10,15H2. The van der Waals surface area contributed by atoms with Crippen LogP contribution in [0.5, 0.6) is 0 Å². The molecule has 1 spiro atoms. The Labute approximate surface area is 98.6 Å². The topological polar surface area (TPSA) is 53.1 Å². The van der Waals surface area contributed by atoms with E-state index in [4.69, 9.17) is 11.0 Å². The zero-order chi connectivity index (χ0) is 11.4. The molecule has 0 aromatic rings. The first-order chi connectivity index (χ1) is 7.74. The average Bonchev–Trinajstić information content (AvgIpc) is 2.77. The quantitative estimate of drug-likeness (QED) is 0.791. The highest BCUT2D eigenvalue weighted by molar-refractivity contribution is 4.91. The molecule has 0 aromatic carbocycles. The molecule has 0 amide bonds. The van der Waals surface area contributed by atoms with Crippen LogP contribution in [0.1, 0.15) is 44.9 Å². The van der Waals surface area contributed by atoms with Crippen molar-refractivity contribution < 1.29 is 0 Å². The Morgan fingerprint density at radius 3 is 2.38 bits per heavy atom. The van der Waals surface area contributed by atoms with E-state index in [1.54, 1.807) is 0 Å². The first-order valence-corrected chi connectivity index (χ1v) is 6.62. The molecular weight excluding hydrogens is 198 g/mol. The van der Waals surface area contributed by atoms with E-state index in [0.29, 0.717) is 5.41 Å². The van der Waals surface area contributed by atoms with Crippen LogP contribution >= 0.6 is 0 Å². The maximum absolute atomic E-state index is 8.64. The van der Waals surface area contributed by atoms with Gasteiger partial charge in [-0.05, 0) is 50.6 Å². The van der Waals surface area contributed by atoms with Crippen molar-refractivity contribution in [1.82, 2.24) is 4.90 Å². The number of nitrogens with two attached hydrogens (primary N) is 1. The fraction of sp³-hybridized carbons (Fsp3) is 0.923. The predicted molar refractivity (Wildman–Crippen MR) is 64.8 cm³/mol. The molecule has 1 saturated carbocycles. The third-order valence-corrected chi connectivity index (χ3v) is 4.50. The molecule has 0 radical (unpaired) electrons. The van der Waals surface area contributed by atoms with Crippen molar-refractivity contribution in [2.75, 3.05) is 19.6 Å². The van der Waals surface area contributed by atoms with Crippen LogP contribution in [0.3, 0.4) is 0 Å². The molecule has 2 fully saturated rings. The highest BCUT2D eigenvalue weighted by Gasteiger charge is 2.36. The van der Waals surface area contributed by atoms with Gasteiger partial charge in [0, 0.05) is 6.54 Å². The van der Waals surface area contributed by atoms with Gasteiger partial charge in [0.25, 0.3) is 0 Å². The van der Waals surface area contributed by atoms with Crippen LogP contribution in [0.2, 0.25) is 0 Å². The minimum Gasteiger partial charge on any atom is -0.316 e. The van der Waals surface area contributed by atoms with Gasteiger partial charge in [-0.3, -0.25) is 0 Å². The summed E-state index contributed by atoms with van der Waals surface area (Å²) in [6.45, 7) is 3.45. The number of likely N-dealkylation sites (tertiary alicyclic amines) is 1. The van der Waals surface area contributed by atoms with Crippen molar-refractivity contribution in [3.8, 4) is 6.07 Å². The summed E-state index contributed by atoms with van der Waals surface area (Å²) in [4.78, 5) is 2.49. The molecule has 1 aliphatic heterocycles. The maximum atomic E-state index is 8.64. The number of rotatable bonds is 3. The first-order valence-electron chi connectivity index (χ1n) is 6.62. The zero-order valence-electron chi connectivity index (χ0n) is 10.1. The molecule has 2 N–H and O–H groups in total. The van der Waals surface area contributed by atoms with E-state index in [2.05, 4.69) is 11.0 Å². The zero-order valence-corrected chi connectivity index (χ0v) is 10.1. The summed E-state index contributed by atoms with van der Waals surface area (Å²) in [5, 5.41) is 8.64. The summed E-state index contributed by atoms with van der Waals surface area (Å²) < 4.78 is 0. The van der Waals surface area contributed by atoms with Crippen LogP contribution < -0.4 is 5.73 Å². The van der Waals surface area contributed by atoms with Gasteiger partial charge in [-0.1, -0.05) is 12.8 Å². The van der Waals surface area contributed by atoms with E-state index < -0.39 is 0 Å². The fourth-order valence-corrected chi connectivity index (χ4v) is 3.26. The highest BCUT2D eigenvalue weighted by atomic mass is 15.1. The highest BCUT2D eigenvalue weighted by Crippen LogP contribution is 2.45. The molecule has 1 atom stereocenters. The molecule has 1 saturated heterocycles. The molecule has 0 bridgehead atoms. The van der Waals surface area contributed by atoms with Crippen LogP contribution in [0.4, 0.5) is 0 Å². The molecule has 2 rings (SSSR count). The smallest absolute Gasteiger partial charge is 0.0940 e. The van der Waals surface area contributed by atoms with Crippen molar-refractivity contribution in [1.29, 1.82) is 5.26 Å². The lowest BCUT2D eigenvalue weighted by Gasteiger charge is -2.39. The Morgan fingerprint density at radius 1 is 1.19 bits per heavy atom. The third kappa shape index (κ3) is 2.75. The van der Waals surface area contributed by atoms with Gasteiger partial charge in [0.2, 0.25) is 0 Å². The number of nitriles is 1. The lowest BCUT2D eigenvalue weighted by molar-refractivity contribution is 0.107. The molecule has 3 heteroatoms. The fourth-order valence-electron chi connectivity index (χ4n) is 3.26. The summed E-state index contributed by atoms with van der Waals surface area (Å²) in [7, 11) is 0. The SMILES string of the molecule is N#CC(N)CCN1CCC2(CCCC2)CC1. The predicted octanol–water partition coefficient (Wildman–Crippen LogP) is 1.88. The summed E-state index contributed by atoms with van der Waals surface area (Å²) in [5.41, 5.74) is 6.32. The van der Waals surface area contributed by atoms with E-state index in [0.717, 1.165) is 13.0 Å². The number of hydrogen-bond donors (Lipinski definition) is 1. The Bertz CT molecular complexity index is 253. The van der Waals surface area contributed by atoms with E-state index in [1.807, 2.05) is 0 Å². The normalized spacial score (nSPS) is 26.8. The van der Waals surface area contributed by atoms with Crippen LogP contribution in [0, 0.1) is 16.7 Å². The number of hydrogen-bond acceptors (Lipinski definition) is 3. The maximum Gasteiger partial charge on any atom is 0.0940 e. The number of piperidine rings is 1. The second-order valence-electron chi connectivity index (χ2n) is 5.57. The van der Waals surface area contributed by atoms with E-state index in [-0.39, 0.29) is 6.04 Å². The minimum atomic E-state index is -0.276. The Morgan fingerprint density at radius 2 is 1.81 bits per heavy atom. The minimum absolute atomic E-state index is 0.276. The van der Waals surface area contributed by atoms with Gasteiger partial charge in [0.1, 0.15) is 0 Å². The van der Waals surface area contributed by atoms with Crippen LogP contribution in [-0.2, 0) is 0 Å². The lowest BCUT2D eigenvalue weighted by atomic mass is 9.77. The monoisotopic (exact) mass is 221 g/mol. The molecule has 90 valence electrons. The van der Waals surface area contributed by atoms with Crippen LogP contribution in [-0.4, -0.2) is 30.6 Å².